The zero-order valence-corrected chi connectivity index (χ0v) is 23.9. The number of anilines is 2. The van der Waals surface area contributed by atoms with Crippen molar-refractivity contribution in [3.05, 3.63) is 163 Å². The van der Waals surface area contributed by atoms with Gasteiger partial charge in [0.2, 0.25) is 0 Å². The number of hydrogen-bond acceptors (Lipinski definition) is 1. The van der Waals surface area contributed by atoms with E-state index in [2.05, 4.69) is 175 Å². The summed E-state index contributed by atoms with van der Waals surface area (Å²) in [7, 11) is 0. The fourth-order valence-electron chi connectivity index (χ4n) is 7.27. The van der Waals surface area contributed by atoms with Crippen molar-refractivity contribution < 1.29 is 0 Å². The van der Waals surface area contributed by atoms with Crippen LogP contribution >= 0.6 is 0 Å². The summed E-state index contributed by atoms with van der Waals surface area (Å²) in [5, 5.41) is 2.57. The molecule has 0 saturated carbocycles. The van der Waals surface area contributed by atoms with Gasteiger partial charge in [-0.1, -0.05) is 109 Å². The third-order valence-electron chi connectivity index (χ3n) is 9.07. The summed E-state index contributed by atoms with van der Waals surface area (Å²) in [6.07, 6.45) is 0. The minimum Gasteiger partial charge on any atom is -0.335 e. The van der Waals surface area contributed by atoms with E-state index in [1.165, 1.54) is 61.1 Å². The van der Waals surface area contributed by atoms with Crippen LogP contribution in [0.25, 0.3) is 38.6 Å². The molecule has 1 atom stereocenters. The Labute approximate surface area is 247 Å². The Morgan fingerprint density at radius 3 is 1.60 bits per heavy atom. The van der Waals surface area contributed by atoms with Gasteiger partial charge in [-0.25, -0.2) is 0 Å². The highest BCUT2D eigenvalue weighted by molar-refractivity contribution is 6.09. The number of para-hydroxylation sites is 3. The van der Waals surface area contributed by atoms with Gasteiger partial charge in [0.05, 0.1) is 16.6 Å². The molecule has 0 N–H and O–H groups in total. The van der Waals surface area contributed by atoms with Crippen molar-refractivity contribution in [2.24, 2.45) is 0 Å². The van der Waals surface area contributed by atoms with Crippen LogP contribution in [-0.4, -0.2) is 10.1 Å². The van der Waals surface area contributed by atoms with E-state index in [4.69, 9.17) is 0 Å². The van der Waals surface area contributed by atoms with Crippen LogP contribution in [0.15, 0.2) is 152 Å². The van der Waals surface area contributed by atoms with E-state index in [-0.39, 0.29) is 5.54 Å². The van der Waals surface area contributed by atoms with Gasteiger partial charge in [0.25, 0.3) is 0 Å². The molecule has 42 heavy (non-hydrogen) atoms. The van der Waals surface area contributed by atoms with Gasteiger partial charge in [0.1, 0.15) is 0 Å². The van der Waals surface area contributed by atoms with Crippen molar-refractivity contribution in [2.45, 2.75) is 25.3 Å². The molecule has 0 fully saturated rings. The number of nitrogens with zero attached hydrogens (tertiary/aromatic N) is 2. The lowest BCUT2D eigenvalue weighted by Gasteiger charge is -2.38. The molecule has 0 bridgehead atoms. The Morgan fingerprint density at radius 1 is 0.476 bits per heavy atom. The molecule has 6 aromatic carbocycles. The van der Waals surface area contributed by atoms with Crippen molar-refractivity contribution in [1.29, 1.82) is 0 Å². The third kappa shape index (κ3) is 3.72. The minimum absolute atomic E-state index is 0.115. The second kappa shape index (κ2) is 9.49. The van der Waals surface area contributed by atoms with E-state index < -0.39 is 0 Å². The van der Waals surface area contributed by atoms with Gasteiger partial charge in [0.15, 0.2) is 0 Å². The molecule has 0 aliphatic carbocycles. The Balaban J connectivity index is 1.14. The Hall–Kier alpha value is -5.08. The van der Waals surface area contributed by atoms with Crippen molar-refractivity contribution >= 4 is 33.2 Å². The summed E-state index contributed by atoms with van der Waals surface area (Å²) in [4.78, 5) is 2.52. The quantitative estimate of drug-likeness (QED) is 0.216. The van der Waals surface area contributed by atoms with E-state index in [0.717, 1.165) is 0 Å². The monoisotopic (exact) mass is 540 g/mol. The van der Waals surface area contributed by atoms with Crippen molar-refractivity contribution in [2.75, 3.05) is 4.90 Å². The molecule has 8 rings (SSSR count). The van der Waals surface area contributed by atoms with Gasteiger partial charge in [-0.05, 0) is 78.6 Å². The summed E-state index contributed by atoms with van der Waals surface area (Å²) >= 11 is 0. The highest BCUT2D eigenvalue weighted by Gasteiger charge is 2.46. The number of aromatic nitrogens is 1. The predicted octanol–water partition coefficient (Wildman–Crippen LogP) is 10.5. The van der Waals surface area contributed by atoms with Crippen molar-refractivity contribution in [3.63, 3.8) is 0 Å². The van der Waals surface area contributed by atoms with Crippen LogP contribution in [0.2, 0.25) is 0 Å². The highest BCUT2D eigenvalue weighted by atomic mass is 15.2. The lowest BCUT2D eigenvalue weighted by atomic mass is 9.80. The highest BCUT2D eigenvalue weighted by Crippen LogP contribution is 2.53. The maximum Gasteiger partial charge on any atom is 0.0541 e. The van der Waals surface area contributed by atoms with E-state index in [9.17, 15) is 0 Å². The molecule has 0 amide bonds. The average molecular weight is 541 g/mol. The number of fused-ring (bicyclic) bond motifs is 4. The fourth-order valence-corrected chi connectivity index (χ4v) is 7.27. The SMILES string of the molecule is CC1(C)C(c2ccccc2)c2ccccc2N1c1ccc(-c2ccc(-n3c4ccccc4c4ccccc43)cc2)cc1. The van der Waals surface area contributed by atoms with Gasteiger partial charge < -0.3 is 9.47 Å². The first kappa shape index (κ1) is 24.7. The first-order valence-electron chi connectivity index (χ1n) is 14.7. The zero-order valence-electron chi connectivity index (χ0n) is 23.9. The second-order valence-electron chi connectivity index (χ2n) is 11.9. The van der Waals surface area contributed by atoms with Crippen molar-refractivity contribution in [3.8, 4) is 16.8 Å². The standard InChI is InChI=1S/C40H32N2/c1-40(2)39(30-12-4-3-5-13-30)35-16-8-11-19-38(35)42(40)32-26-22-29(23-27-32)28-20-24-31(25-21-28)41-36-17-9-6-14-33(36)34-15-7-10-18-37(34)41/h3-27,39H,1-2H3. The Morgan fingerprint density at radius 2 is 0.976 bits per heavy atom. The molecule has 1 aromatic heterocycles. The summed E-state index contributed by atoms with van der Waals surface area (Å²) in [5.41, 5.74) is 11.2. The first-order chi connectivity index (χ1) is 20.6. The predicted molar refractivity (Wildman–Crippen MR) is 177 cm³/mol. The number of benzene rings is 6. The van der Waals surface area contributed by atoms with Crippen LogP contribution < -0.4 is 4.90 Å². The largest absolute Gasteiger partial charge is 0.335 e. The molecule has 0 radical (unpaired) electrons. The van der Waals surface area contributed by atoms with Crippen LogP contribution in [0.5, 0.6) is 0 Å². The van der Waals surface area contributed by atoms with Crippen molar-refractivity contribution in [1.82, 2.24) is 4.57 Å². The van der Waals surface area contributed by atoms with E-state index in [0.29, 0.717) is 5.92 Å². The summed E-state index contributed by atoms with van der Waals surface area (Å²) in [6.45, 7) is 4.73. The molecule has 2 heteroatoms. The maximum atomic E-state index is 2.52. The summed E-state index contributed by atoms with van der Waals surface area (Å²) in [6, 6.07) is 55.2. The molecular formula is C40H32N2. The van der Waals surface area contributed by atoms with Crippen LogP contribution in [0.4, 0.5) is 11.4 Å². The van der Waals surface area contributed by atoms with Gasteiger partial charge in [-0.15, -0.1) is 0 Å². The van der Waals surface area contributed by atoms with Gasteiger partial charge >= 0.3 is 0 Å². The van der Waals surface area contributed by atoms with E-state index in [1.807, 2.05) is 0 Å². The van der Waals surface area contributed by atoms with E-state index in [1.54, 1.807) is 0 Å². The molecule has 1 unspecified atom stereocenters. The molecule has 0 spiro atoms. The Kier molecular flexibility index (Phi) is 5.58. The topological polar surface area (TPSA) is 8.17 Å². The molecule has 2 heterocycles. The van der Waals surface area contributed by atoms with Gasteiger partial charge in [0, 0.05) is 33.8 Å². The molecule has 1 aliphatic heterocycles. The maximum absolute atomic E-state index is 2.52. The molecule has 202 valence electrons. The first-order valence-corrected chi connectivity index (χ1v) is 14.7. The van der Waals surface area contributed by atoms with Gasteiger partial charge in [-0.2, -0.15) is 0 Å². The molecule has 2 nitrogen and oxygen atoms in total. The molecule has 1 aliphatic rings. The third-order valence-corrected chi connectivity index (χ3v) is 9.07. The number of hydrogen-bond donors (Lipinski definition) is 0. The summed E-state index contributed by atoms with van der Waals surface area (Å²) < 4.78 is 2.37. The average Bonchev–Trinajstić information content (AvgIpc) is 3.50. The van der Waals surface area contributed by atoms with Crippen LogP contribution in [0.3, 0.4) is 0 Å². The van der Waals surface area contributed by atoms with Crippen LogP contribution in [0.1, 0.15) is 30.9 Å². The smallest absolute Gasteiger partial charge is 0.0541 e. The van der Waals surface area contributed by atoms with Crippen LogP contribution in [0, 0.1) is 0 Å². The van der Waals surface area contributed by atoms with Crippen LogP contribution in [-0.2, 0) is 0 Å². The lowest BCUT2D eigenvalue weighted by molar-refractivity contribution is 0.478. The second-order valence-corrected chi connectivity index (χ2v) is 11.9. The Bertz CT molecular complexity index is 1990. The minimum atomic E-state index is -0.115. The zero-order chi connectivity index (χ0) is 28.3. The fraction of sp³-hybridized carbons (Fsp3) is 0.100. The number of rotatable bonds is 4. The van der Waals surface area contributed by atoms with Gasteiger partial charge in [-0.3, -0.25) is 0 Å². The molecular weight excluding hydrogens is 508 g/mol. The molecule has 0 saturated heterocycles. The molecule has 7 aromatic rings. The lowest BCUT2D eigenvalue weighted by Crippen LogP contribution is -2.40. The summed E-state index contributed by atoms with van der Waals surface area (Å²) in [5.74, 6) is 0.294. The normalized spacial score (nSPS) is 15.8. The van der Waals surface area contributed by atoms with E-state index >= 15 is 0 Å².